The van der Waals surface area contributed by atoms with Crippen molar-refractivity contribution in [2.24, 2.45) is 0 Å². The summed E-state index contributed by atoms with van der Waals surface area (Å²) >= 11 is 12.1. The minimum atomic E-state index is -0.274. The second kappa shape index (κ2) is 8.25. The summed E-state index contributed by atoms with van der Waals surface area (Å²) in [7, 11) is 0. The molecule has 0 radical (unpaired) electrons. The van der Waals surface area contributed by atoms with Crippen LogP contribution >= 0.6 is 23.2 Å². The van der Waals surface area contributed by atoms with Gasteiger partial charge in [-0.15, -0.1) is 0 Å². The Balaban J connectivity index is 1.71. The van der Waals surface area contributed by atoms with Crippen LogP contribution < -0.4 is 10.1 Å². The lowest BCUT2D eigenvalue weighted by Gasteiger charge is -2.09. The SMILES string of the molecule is CCOc1ccccc1C(=O)Nc1ccn(Cc2ccc(Cl)cc2Cl)n1. The third-order valence-electron chi connectivity index (χ3n) is 3.66. The second-order valence-corrected chi connectivity index (χ2v) is 6.36. The van der Waals surface area contributed by atoms with E-state index in [9.17, 15) is 4.79 Å². The molecule has 0 aliphatic rings. The molecule has 0 unspecified atom stereocenters. The van der Waals surface area contributed by atoms with E-state index in [1.165, 1.54) is 0 Å². The first-order valence-corrected chi connectivity index (χ1v) is 8.83. The Labute approximate surface area is 161 Å². The molecule has 2 aromatic carbocycles. The van der Waals surface area contributed by atoms with Gasteiger partial charge in [0.05, 0.1) is 18.7 Å². The van der Waals surface area contributed by atoms with Crippen LogP contribution in [-0.4, -0.2) is 22.3 Å². The zero-order chi connectivity index (χ0) is 18.5. The Morgan fingerprint density at radius 3 is 2.77 bits per heavy atom. The van der Waals surface area contributed by atoms with Crippen molar-refractivity contribution in [1.29, 1.82) is 0 Å². The Morgan fingerprint density at radius 1 is 1.19 bits per heavy atom. The standard InChI is InChI=1S/C19H17Cl2N3O2/c1-2-26-17-6-4-3-5-15(17)19(25)22-18-9-10-24(23-18)12-13-7-8-14(20)11-16(13)21/h3-11H,2,12H2,1H3,(H,22,23,25). The van der Waals surface area contributed by atoms with Gasteiger partial charge in [0.15, 0.2) is 5.82 Å². The summed E-state index contributed by atoms with van der Waals surface area (Å²) in [5, 5.41) is 8.30. The van der Waals surface area contributed by atoms with Crippen molar-refractivity contribution in [3.8, 4) is 5.75 Å². The minimum absolute atomic E-state index is 0.274. The fourth-order valence-corrected chi connectivity index (χ4v) is 2.93. The van der Waals surface area contributed by atoms with E-state index >= 15 is 0 Å². The fraction of sp³-hybridized carbons (Fsp3) is 0.158. The molecule has 1 aromatic heterocycles. The van der Waals surface area contributed by atoms with Gasteiger partial charge in [0.1, 0.15) is 5.75 Å². The minimum Gasteiger partial charge on any atom is -0.493 e. The van der Waals surface area contributed by atoms with Gasteiger partial charge in [0.25, 0.3) is 5.91 Å². The molecule has 5 nitrogen and oxygen atoms in total. The van der Waals surface area contributed by atoms with E-state index in [-0.39, 0.29) is 5.91 Å². The van der Waals surface area contributed by atoms with Crippen molar-refractivity contribution >= 4 is 34.9 Å². The van der Waals surface area contributed by atoms with Crippen molar-refractivity contribution in [3.63, 3.8) is 0 Å². The number of carbonyl (C=O) groups excluding carboxylic acids is 1. The molecular weight excluding hydrogens is 373 g/mol. The summed E-state index contributed by atoms with van der Waals surface area (Å²) < 4.78 is 7.18. The maximum Gasteiger partial charge on any atom is 0.260 e. The van der Waals surface area contributed by atoms with Gasteiger partial charge in [0, 0.05) is 22.3 Å². The molecule has 0 atom stereocenters. The van der Waals surface area contributed by atoms with Crippen LogP contribution in [-0.2, 0) is 6.54 Å². The lowest BCUT2D eigenvalue weighted by Crippen LogP contribution is -2.14. The van der Waals surface area contributed by atoms with Crippen molar-refractivity contribution in [1.82, 2.24) is 9.78 Å². The van der Waals surface area contributed by atoms with Gasteiger partial charge in [-0.1, -0.05) is 41.4 Å². The number of carbonyl (C=O) groups is 1. The van der Waals surface area contributed by atoms with E-state index in [2.05, 4.69) is 10.4 Å². The molecule has 134 valence electrons. The molecule has 0 fully saturated rings. The molecular formula is C19H17Cl2N3O2. The molecule has 0 spiro atoms. The number of rotatable bonds is 6. The van der Waals surface area contributed by atoms with Crippen LogP contribution in [0.15, 0.2) is 54.7 Å². The van der Waals surface area contributed by atoms with E-state index in [0.717, 1.165) is 5.56 Å². The highest BCUT2D eigenvalue weighted by Crippen LogP contribution is 2.22. The molecule has 7 heteroatoms. The molecule has 3 rings (SSSR count). The molecule has 26 heavy (non-hydrogen) atoms. The first-order valence-electron chi connectivity index (χ1n) is 8.07. The highest BCUT2D eigenvalue weighted by atomic mass is 35.5. The number of hydrogen-bond donors (Lipinski definition) is 1. The topological polar surface area (TPSA) is 56.1 Å². The highest BCUT2D eigenvalue weighted by molar-refractivity contribution is 6.35. The van der Waals surface area contributed by atoms with Crippen LogP contribution in [0.1, 0.15) is 22.8 Å². The van der Waals surface area contributed by atoms with Crippen LogP contribution in [0, 0.1) is 0 Å². The van der Waals surface area contributed by atoms with Crippen molar-refractivity contribution in [2.45, 2.75) is 13.5 Å². The van der Waals surface area contributed by atoms with Gasteiger partial charge in [-0.2, -0.15) is 5.10 Å². The first-order chi connectivity index (χ1) is 12.6. The molecule has 0 saturated heterocycles. The van der Waals surface area contributed by atoms with Gasteiger partial charge in [-0.25, -0.2) is 0 Å². The molecule has 1 heterocycles. The van der Waals surface area contributed by atoms with Crippen molar-refractivity contribution in [2.75, 3.05) is 11.9 Å². The Hall–Kier alpha value is -2.50. The van der Waals surface area contributed by atoms with Crippen molar-refractivity contribution in [3.05, 3.63) is 75.9 Å². The van der Waals surface area contributed by atoms with E-state index in [0.29, 0.717) is 40.3 Å². The van der Waals surface area contributed by atoms with Crippen LogP contribution in [0.3, 0.4) is 0 Å². The Kier molecular flexibility index (Phi) is 5.81. The Bertz CT molecular complexity index is 925. The van der Waals surface area contributed by atoms with Crippen LogP contribution in [0.2, 0.25) is 10.0 Å². The molecule has 1 amide bonds. The zero-order valence-electron chi connectivity index (χ0n) is 14.1. The molecule has 0 aliphatic carbocycles. The number of halogens is 2. The lowest BCUT2D eigenvalue weighted by atomic mass is 10.2. The molecule has 0 aliphatic heterocycles. The quantitative estimate of drug-likeness (QED) is 0.652. The van der Waals surface area contributed by atoms with Gasteiger partial charge in [-0.3, -0.25) is 9.48 Å². The van der Waals surface area contributed by atoms with Crippen molar-refractivity contribution < 1.29 is 9.53 Å². The predicted octanol–water partition coefficient (Wildman–Crippen LogP) is 4.89. The number of anilines is 1. The number of hydrogen-bond acceptors (Lipinski definition) is 3. The average Bonchev–Trinajstić information content (AvgIpc) is 3.05. The largest absolute Gasteiger partial charge is 0.493 e. The number of nitrogens with one attached hydrogen (secondary N) is 1. The normalized spacial score (nSPS) is 10.6. The van der Waals surface area contributed by atoms with Gasteiger partial charge in [-0.05, 0) is 36.8 Å². The number of para-hydroxylation sites is 1. The Morgan fingerprint density at radius 2 is 2.00 bits per heavy atom. The maximum absolute atomic E-state index is 12.5. The first kappa shape index (κ1) is 18.3. The van der Waals surface area contributed by atoms with Crippen LogP contribution in [0.4, 0.5) is 5.82 Å². The number of benzene rings is 2. The molecule has 0 bridgehead atoms. The number of amides is 1. The summed E-state index contributed by atoms with van der Waals surface area (Å²) in [4.78, 5) is 12.5. The number of nitrogens with zero attached hydrogens (tertiary/aromatic N) is 2. The van der Waals surface area contributed by atoms with E-state index < -0.39 is 0 Å². The van der Waals surface area contributed by atoms with Gasteiger partial charge in [0.2, 0.25) is 0 Å². The van der Waals surface area contributed by atoms with Gasteiger partial charge >= 0.3 is 0 Å². The average molecular weight is 390 g/mol. The second-order valence-electron chi connectivity index (χ2n) is 5.52. The van der Waals surface area contributed by atoms with E-state index in [1.807, 2.05) is 19.1 Å². The summed E-state index contributed by atoms with van der Waals surface area (Å²) in [6, 6.07) is 14.1. The van der Waals surface area contributed by atoms with Crippen LogP contribution in [0.5, 0.6) is 5.75 Å². The fourth-order valence-electron chi connectivity index (χ4n) is 2.46. The monoisotopic (exact) mass is 389 g/mol. The lowest BCUT2D eigenvalue weighted by molar-refractivity contribution is 0.102. The van der Waals surface area contributed by atoms with E-state index in [1.54, 1.807) is 47.3 Å². The molecule has 0 saturated carbocycles. The summed E-state index contributed by atoms with van der Waals surface area (Å²) in [6.45, 7) is 2.83. The smallest absolute Gasteiger partial charge is 0.260 e. The highest BCUT2D eigenvalue weighted by Gasteiger charge is 2.13. The molecule has 3 aromatic rings. The zero-order valence-corrected chi connectivity index (χ0v) is 15.6. The van der Waals surface area contributed by atoms with Gasteiger partial charge < -0.3 is 10.1 Å². The maximum atomic E-state index is 12.5. The summed E-state index contributed by atoms with van der Waals surface area (Å²) in [5.74, 6) is 0.718. The summed E-state index contributed by atoms with van der Waals surface area (Å²) in [5.41, 5.74) is 1.35. The van der Waals surface area contributed by atoms with Crippen LogP contribution in [0.25, 0.3) is 0 Å². The third-order valence-corrected chi connectivity index (χ3v) is 4.25. The summed E-state index contributed by atoms with van der Waals surface area (Å²) in [6.07, 6.45) is 1.77. The third kappa shape index (κ3) is 4.36. The predicted molar refractivity (Wildman–Crippen MR) is 103 cm³/mol. The molecule has 1 N–H and O–H groups in total. The van der Waals surface area contributed by atoms with E-state index in [4.69, 9.17) is 27.9 Å². The number of ether oxygens (including phenoxy) is 1. The number of aromatic nitrogens is 2.